The lowest BCUT2D eigenvalue weighted by atomic mass is 9.99. The van der Waals surface area contributed by atoms with E-state index in [1.165, 1.54) is 25.7 Å². The molecule has 2 aliphatic rings. The van der Waals surface area contributed by atoms with Crippen molar-refractivity contribution in [1.82, 2.24) is 14.8 Å². The van der Waals surface area contributed by atoms with Gasteiger partial charge in [-0.2, -0.15) is 0 Å². The normalized spacial score (nSPS) is 20.9. The summed E-state index contributed by atoms with van der Waals surface area (Å²) in [6, 6.07) is 8.94. The maximum absolute atomic E-state index is 13.6. The van der Waals surface area contributed by atoms with Gasteiger partial charge in [0.15, 0.2) is 0 Å². The van der Waals surface area contributed by atoms with Gasteiger partial charge < -0.3 is 24.4 Å². The molecule has 198 valence electrons. The zero-order chi connectivity index (χ0) is 26.4. The minimum atomic E-state index is -0.313. The van der Waals surface area contributed by atoms with E-state index in [4.69, 9.17) is 9.47 Å². The van der Waals surface area contributed by atoms with Crippen LogP contribution >= 0.6 is 0 Å². The SMILES string of the molecule is COc1ccc(C#Cc2cnc3c(c2)C(=O)N([C@H](C)CO)C[C@@H](C)[C@@H](CN(C)CC2CCCC2)O3)cc1. The van der Waals surface area contributed by atoms with Gasteiger partial charge in [-0.15, -0.1) is 0 Å². The molecule has 37 heavy (non-hydrogen) atoms. The average molecular weight is 506 g/mol. The number of aromatic nitrogens is 1. The lowest BCUT2D eigenvalue weighted by Gasteiger charge is -2.38. The fourth-order valence-electron chi connectivity index (χ4n) is 5.22. The highest BCUT2D eigenvalue weighted by atomic mass is 16.5. The van der Waals surface area contributed by atoms with Gasteiger partial charge in [0.2, 0.25) is 5.88 Å². The van der Waals surface area contributed by atoms with Gasteiger partial charge in [0.1, 0.15) is 17.4 Å². The predicted molar refractivity (Wildman–Crippen MR) is 144 cm³/mol. The Morgan fingerprint density at radius 3 is 2.57 bits per heavy atom. The molecule has 0 radical (unpaired) electrons. The molecule has 1 aromatic carbocycles. The van der Waals surface area contributed by atoms with Gasteiger partial charge >= 0.3 is 0 Å². The van der Waals surface area contributed by atoms with Gasteiger partial charge in [0.25, 0.3) is 5.91 Å². The number of methoxy groups -OCH3 is 1. The maximum atomic E-state index is 13.6. The van der Waals surface area contributed by atoms with E-state index in [-0.39, 0.29) is 30.6 Å². The number of amides is 1. The third-order valence-electron chi connectivity index (χ3n) is 7.50. The summed E-state index contributed by atoms with van der Waals surface area (Å²) in [4.78, 5) is 22.3. The predicted octanol–water partition coefficient (Wildman–Crippen LogP) is 3.83. The summed E-state index contributed by atoms with van der Waals surface area (Å²) in [5, 5.41) is 9.89. The third kappa shape index (κ3) is 6.82. The molecule has 1 aliphatic heterocycles. The molecule has 2 aromatic rings. The summed E-state index contributed by atoms with van der Waals surface area (Å²) in [7, 11) is 3.78. The van der Waals surface area contributed by atoms with Crippen LogP contribution in [0.2, 0.25) is 0 Å². The zero-order valence-electron chi connectivity index (χ0n) is 22.4. The largest absolute Gasteiger partial charge is 0.497 e. The lowest BCUT2D eigenvalue weighted by Crippen LogP contribution is -2.50. The number of hydrogen-bond donors (Lipinski definition) is 1. The number of aliphatic hydroxyl groups is 1. The summed E-state index contributed by atoms with van der Waals surface area (Å²) >= 11 is 0. The van der Waals surface area contributed by atoms with E-state index < -0.39 is 0 Å². The first-order valence-electron chi connectivity index (χ1n) is 13.3. The standard InChI is InChI=1S/C30H39N3O4/c1-21-17-33(22(2)20-34)30(35)27-15-25(10-9-23-11-13-26(36-4)14-12-23)16-31-29(27)37-28(21)19-32(3)18-24-7-5-6-8-24/h11-16,21-22,24,28,34H,5-8,17-20H2,1-4H3/t21-,22-,28-/m1/s1. The molecule has 1 aromatic heterocycles. The maximum Gasteiger partial charge on any atom is 0.259 e. The number of rotatable bonds is 7. The lowest BCUT2D eigenvalue weighted by molar-refractivity contribution is 0.0320. The molecule has 1 amide bonds. The highest BCUT2D eigenvalue weighted by molar-refractivity contribution is 5.97. The Balaban J connectivity index is 1.60. The van der Waals surface area contributed by atoms with Crippen LogP contribution < -0.4 is 9.47 Å². The summed E-state index contributed by atoms with van der Waals surface area (Å²) < 4.78 is 11.6. The smallest absolute Gasteiger partial charge is 0.259 e. The van der Waals surface area contributed by atoms with Gasteiger partial charge in [0, 0.05) is 42.9 Å². The van der Waals surface area contributed by atoms with Crippen LogP contribution in [0.4, 0.5) is 0 Å². The van der Waals surface area contributed by atoms with Gasteiger partial charge in [-0.25, -0.2) is 4.98 Å². The first-order chi connectivity index (χ1) is 17.9. The molecule has 1 N–H and O–H groups in total. The fraction of sp³-hybridized carbons (Fsp3) is 0.533. The second kappa shape index (κ2) is 12.4. The van der Waals surface area contributed by atoms with Crippen LogP contribution in [0.5, 0.6) is 11.6 Å². The molecule has 0 bridgehead atoms. The van der Waals surface area contributed by atoms with Gasteiger partial charge in [-0.3, -0.25) is 4.79 Å². The van der Waals surface area contributed by atoms with Crippen molar-refractivity contribution < 1.29 is 19.4 Å². The number of aliphatic hydroxyl groups excluding tert-OH is 1. The van der Waals surface area contributed by atoms with Crippen molar-refractivity contribution in [3.05, 3.63) is 53.2 Å². The summed E-state index contributed by atoms with van der Waals surface area (Å²) in [6.07, 6.45) is 6.78. The third-order valence-corrected chi connectivity index (χ3v) is 7.50. The van der Waals surface area contributed by atoms with Crippen LogP contribution in [0, 0.1) is 23.7 Å². The van der Waals surface area contributed by atoms with Crippen LogP contribution in [0.15, 0.2) is 36.5 Å². The van der Waals surface area contributed by atoms with Crippen LogP contribution in [0.1, 0.15) is 61.0 Å². The van der Waals surface area contributed by atoms with Crippen molar-refractivity contribution in [2.45, 2.75) is 51.7 Å². The Labute approximate surface area is 220 Å². The number of fused-ring (bicyclic) bond motifs is 1. The first kappa shape index (κ1) is 27.0. The molecule has 1 fully saturated rings. The van der Waals surface area contributed by atoms with Crippen LogP contribution in [-0.2, 0) is 0 Å². The number of benzene rings is 1. The van der Waals surface area contributed by atoms with E-state index >= 15 is 0 Å². The van der Waals surface area contributed by atoms with E-state index in [2.05, 4.69) is 35.7 Å². The second-order valence-electron chi connectivity index (χ2n) is 10.5. The fourth-order valence-corrected chi connectivity index (χ4v) is 5.22. The molecule has 7 heteroatoms. The van der Waals surface area contributed by atoms with Crippen molar-refractivity contribution in [2.24, 2.45) is 11.8 Å². The van der Waals surface area contributed by atoms with Crippen LogP contribution in [-0.4, -0.2) is 78.3 Å². The number of hydrogen-bond acceptors (Lipinski definition) is 6. The van der Waals surface area contributed by atoms with Crippen molar-refractivity contribution in [3.63, 3.8) is 0 Å². The molecule has 2 heterocycles. The number of carbonyl (C=O) groups is 1. The van der Waals surface area contributed by atoms with Crippen LogP contribution in [0.3, 0.4) is 0 Å². The summed E-state index contributed by atoms with van der Waals surface area (Å²) in [5.41, 5.74) is 1.86. The van der Waals surface area contributed by atoms with Crippen molar-refractivity contribution in [1.29, 1.82) is 0 Å². The molecule has 3 atom stereocenters. The van der Waals surface area contributed by atoms with Crippen molar-refractivity contribution in [3.8, 4) is 23.5 Å². The Morgan fingerprint density at radius 1 is 1.19 bits per heavy atom. The molecule has 0 spiro atoms. The van der Waals surface area contributed by atoms with Gasteiger partial charge in [0.05, 0.1) is 19.8 Å². The van der Waals surface area contributed by atoms with E-state index in [0.717, 1.165) is 30.3 Å². The van der Waals surface area contributed by atoms with Gasteiger partial charge in [-0.05, 0) is 63.1 Å². The van der Waals surface area contributed by atoms with Gasteiger partial charge in [-0.1, -0.05) is 31.6 Å². The Morgan fingerprint density at radius 2 is 1.89 bits per heavy atom. The molecule has 7 nitrogen and oxygen atoms in total. The number of likely N-dealkylation sites (N-methyl/N-ethyl adjacent to an activating group) is 1. The molecule has 1 aliphatic carbocycles. The average Bonchev–Trinajstić information content (AvgIpc) is 3.42. The molecular weight excluding hydrogens is 466 g/mol. The van der Waals surface area contributed by atoms with Crippen LogP contribution in [0.25, 0.3) is 0 Å². The second-order valence-corrected chi connectivity index (χ2v) is 10.5. The minimum Gasteiger partial charge on any atom is -0.497 e. The molecule has 0 unspecified atom stereocenters. The van der Waals surface area contributed by atoms with E-state index in [9.17, 15) is 9.90 Å². The topological polar surface area (TPSA) is 75.1 Å². The number of nitrogens with zero attached hydrogens (tertiary/aromatic N) is 3. The van der Waals surface area contributed by atoms with E-state index in [0.29, 0.717) is 23.6 Å². The summed E-state index contributed by atoms with van der Waals surface area (Å²) in [6.45, 7) is 6.19. The summed E-state index contributed by atoms with van der Waals surface area (Å²) in [5.74, 6) is 7.98. The number of ether oxygens (including phenoxy) is 2. The molecule has 4 rings (SSSR count). The Hall–Kier alpha value is -3.08. The quantitative estimate of drug-likeness (QED) is 0.577. The van der Waals surface area contributed by atoms with Crippen molar-refractivity contribution >= 4 is 5.91 Å². The molecular formula is C30H39N3O4. The van der Waals surface area contributed by atoms with Crippen molar-refractivity contribution in [2.75, 3.05) is 40.4 Å². The monoisotopic (exact) mass is 505 g/mol. The highest BCUT2D eigenvalue weighted by Crippen LogP contribution is 2.29. The molecule has 0 saturated heterocycles. The minimum absolute atomic E-state index is 0.0773. The molecule has 1 saturated carbocycles. The Kier molecular flexibility index (Phi) is 9.07. The highest BCUT2D eigenvalue weighted by Gasteiger charge is 2.34. The number of carbonyl (C=O) groups excluding carboxylic acids is 1. The van der Waals surface area contributed by atoms with E-state index in [1.54, 1.807) is 24.3 Å². The zero-order valence-corrected chi connectivity index (χ0v) is 22.4. The Bertz CT molecular complexity index is 1120. The number of pyridine rings is 1. The van der Waals surface area contributed by atoms with E-state index in [1.807, 2.05) is 31.2 Å². The first-order valence-corrected chi connectivity index (χ1v) is 13.3.